The first kappa shape index (κ1) is 20.1. The zero-order valence-electron chi connectivity index (χ0n) is 17.2. The summed E-state index contributed by atoms with van der Waals surface area (Å²) >= 11 is 0. The van der Waals surface area contributed by atoms with Gasteiger partial charge in [0.15, 0.2) is 11.5 Å². The van der Waals surface area contributed by atoms with E-state index < -0.39 is 0 Å². The monoisotopic (exact) mass is 420 g/mol. The Balaban J connectivity index is 1.64. The highest BCUT2D eigenvalue weighted by Gasteiger charge is 2.18. The predicted molar refractivity (Wildman–Crippen MR) is 112 cm³/mol. The summed E-state index contributed by atoms with van der Waals surface area (Å²) in [5, 5.41) is 8.44. The normalized spacial score (nSPS) is 10.7. The second kappa shape index (κ2) is 8.70. The van der Waals surface area contributed by atoms with Crippen LogP contribution in [0.2, 0.25) is 0 Å². The standard InChI is InChI=1S/C22H20N4O5/c1-28-17-11-15(12-18(29-2)21(17)30-3)22-23-19(31-25-22)13-26-20(27)10-9-16(24-26)14-7-5-4-6-8-14/h4-12H,13H2,1-3H3. The molecule has 0 aliphatic carbocycles. The minimum absolute atomic E-state index is 0.0386. The van der Waals surface area contributed by atoms with Gasteiger partial charge in [-0.2, -0.15) is 10.1 Å². The molecule has 0 spiro atoms. The van der Waals surface area contributed by atoms with Crippen LogP contribution >= 0.6 is 0 Å². The fourth-order valence-corrected chi connectivity index (χ4v) is 3.10. The van der Waals surface area contributed by atoms with Gasteiger partial charge < -0.3 is 18.7 Å². The molecule has 9 heteroatoms. The minimum Gasteiger partial charge on any atom is -0.493 e. The van der Waals surface area contributed by atoms with Crippen molar-refractivity contribution in [1.82, 2.24) is 19.9 Å². The highest BCUT2D eigenvalue weighted by Crippen LogP contribution is 2.40. The van der Waals surface area contributed by atoms with Crippen LogP contribution in [0.1, 0.15) is 5.89 Å². The largest absolute Gasteiger partial charge is 0.493 e. The molecule has 2 aromatic carbocycles. The van der Waals surface area contributed by atoms with Gasteiger partial charge in [-0.05, 0) is 18.2 Å². The van der Waals surface area contributed by atoms with Gasteiger partial charge in [0.2, 0.25) is 17.5 Å². The lowest BCUT2D eigenvalue weighted by Crippen LogP contribution is -2.23. The van der Waals surface area contributed by atoms with Crippen LogP contribution in [0.5, 0.6) is 17.2 Å². The predicted octanol–water partition coefficient (Wildman–Crippen LogP) is 3.03. The highest BCUT2D eigenvalue weighted by molar-refractivity contribution is 5.66. The van der Waals surface area contributed by atoms with E-state index in [0.29, 0.717) is 34.3 Å². The van der Waals surface area contributed by atoms with Gasteiger partial charge in [0.25, 0.3) is 5.56 Å². The second-order valence-corrected chi connectivity index (χ2v) is 6.51. The van der Waals surface area contributed by atoms with E-state index in [1.54, 1.807) is 18.2 Å². The molecular formula is C22H20N4O5. The minimum atomic E-state index is -0.271. The zero-order valence-corrected chi connectivity index (χ0v) is 17.2. The van der Waals surface area contributed by atoms with Gasteiger partial charge in [-0.15, -0.1) is 0 Å². The first-order chi connectivity index (χ1) is 15.1. The molecule has 158 valence electrons. The number of nitrogens with zero attached hydrogens (tertiary/aromatic N) is 4. The maximum absolute atomic E-state index is 12.3. The molecule has 0 unspecified atom stereocenters. The third kappa shape index (κ3) is 4.11. The molecule has 0 N–H and O–H groups in total. The van der Waals surface area contributed by atoms with E-state index in [0.717, 1.165) is 5.56 Å². The van der Waals surface area contributed by atoms with Crippen LogP contribution in [0.3, 0.4) is 0 Å². The Morgan fingerprint density at radius 2 is 1.61 bits per heavy atom. The van der Waals surface area contributed by atoms with E-state index in [4.69, 9.17) is 18.7 Å². The maximum atomic E-state index is 12.3. The smallest absolute Gasteiger partial charge is 0.267 e. The Morgan fingerprint density at radius 3 is 2.26 bits per heavy atom. The van der Waals surface area contributed by atoms with Crippen molar-refractivity contribution < 1.29 is 18.7 Å². The summed E-state index contributed by atoms with van der Waals surface area (Å²) in [5.74, 6) is 1.96. The fourth-order valence-electron chi connectivity index (χ4n) is 3.10. The SMILES string of the molecule is COc1cc(-c2noc(Cn3nc(-c4ccccc4)ccc3=O)n2)cc(OC)c1OC. The maximum Gasteiger partial charge on any atom is 0.267 e. The number of benzene rings is 2. The molecule has 4 aromatic rings. The van der Waals surface area contributed by atoms with Crippen molar-refractivity contribution in [2.24, 2.45) is 0 Å². The van der Waals surface area contributed by atoms with Crippen LogP contribution in [0.15, 0.2) is 63.9 Å². The van der Waals surface area contributed by atoms with Gasteiger partial charge >= 0.3 is 0 Å². The van der Waals surface area contributed by atoms with Crippen molar-refractivity contribution in [1.29, 1.82) is 0 Å². The molecule has 2 heterocycles. The van der Waals surface area contributed by atoms with Crippen molar-refractivity contribution in [2.75, 3.05) is 21.3 Å². The van der Waals surface area contributed by atoms with Crippen LogP contribution < -0.4 is 19.8 Å². The fraction of sp³-hybridized carbons (Fsp3) is 0.182. The van der Waals surface area contributed by atoms with E-state index in [9.17, 15) is 4.79 Å². The Kier molecular flexibility index (Phi) is 5.65. The first-order valence-electron chi connectivity index (χ1n) is 9.39. The molecule has 0 saturated heterocycles. The molecular weight excluding hydrogens is 400 g/mol. The summed E-state index contributed by atoms with van der Waals surface area (Å²) in [5.41, 5.74) is 1.92. The van der Waals surface area contributed by atoms with E-state index in [1.807, 2.05) is 30.3 Å². The molecule has 9 nitrogen and oxygen atoms in total. The molecule has 0 saturated carbocycles. The van der Waals surface area contributed by atoms with Gasteiger partial charge in [0.1, 0.15) is 6.54 Å². The average Bonchev–Trinajstić information content (AvgIpc) is 3.28. The van der Waals surface area contributed by atoms with Gasteiger partial charge in [0, 0.05) is 17.2 Å². The summed E-state index contributed by atoms with van der Waals surface area (Å²) in [6.07, 6.45) is 0. The van der Waals surface area contributed by atoms with Gasteiger partial charge in [-0.1, -0.05) is 35.5 Å². The molecule has 31 heavy (non-hydrogen) atoms. The molecule has 0 radical (unpaired) electrons. The van der Waals surface area contributed by atoms with Crippen molar-refractivity contribution in [2.45, 2.75) is 6.54 Å². The molecule has 0 bridgehead atoms. The van der Waals surface area contributed by atoms with Crippen molar-refractivity contribution in [3.8, 4) is 39.9 Å². The number of methoxy groups -OCH3 is 3. The first-order valence-corrected chi connectivity index (χ1v) is 9.39. The van der Waals surface area contributed by atoms with E-state index in [2.05, 4.69) is 15.2 Å². The molecule has 0 aliphatic heterocycles. The topological polar surface area (TPSA) is 102 Å². The summed E-state index contributed by atoms with van der Waals surface area (Å²) in [7, 11) is 4.59. The third-order valence-corrected chi connectivity index (χ3v) is 4.61. The van der Waals surface area contributed by atoms with Crippen molar-refractivity contribution >= 4 is 0 Å². The van der Waals surface area contributed by atoms with Gasteiger partial charge in [-0.25, -0.2) is 4.68 Å². The molecule has 0 aliphatic rings. The number of hydrogen-bond acceptors (Lipinski definition) is 8. The van der Waals surface area contributed by atoms with E-state index in [-0.39, 0.29) is 18.0 Å². The Labute approximate surface area is 177 Å². The Hall–Kier alpha value is -4.14. The molecule has 0 atom stereocenters. The summed E-state index contributed by atoms with van der Waals surface area (Å²) in [6.45, 7) is 0.0386. The third-order valence-electron chi connectivity index (χ3n) is 4.61. The van der Waals surface area contributed by atoms with Crippen LogP contribution in [0.4, 0.5) is 0 Å². The lowest BCUT2D eigenvalue weighted by molar-refractivity contribution is 0.324. The Morgan fingerprint density at radius 1 is 0.903 bits per heavy atom. The summed E-state index contributed by atoms with van der Waals surface area (Å²) < 4.78 is 22.7. The second-order valence-electron chi connectivity index (χ2n) is 6.51. The van der Waals surface area contributed by atoms with Crippen LogP contribution in [-0.2, 0) is 6.54 Å². The van der Waals surface area contributed by atoms with Gasteiger partial charge in [-0.3, -0.25) is 4.79 Å². The zero-order chi connectivity index (χ0) is 21.8. The lowest BCUT2D eigenvalue weighted by atomic mass is 10.1. The molecule has 0 amide bonds. The Bertz CT molecular complexity index is 1230. The van der Waals surface area contributed by atoms with Crippen LogP contribution in [0, 0.1) is 0 Å². The molecule has 4 rings (SSSR count). The summed E-state index contributed by atoms with van der Waals surface area (Å²) in [4.78, 5) is 16.7. The van der Waals surface area contributed by atoms with E-state index >= 15 is 0 Å². The van der Waals surface area contributed by atoms with Gasteiger partial charge in [0.05, 0.1) is 27.0 Å². The van der Waals surface area contributed by atoms with Crippen LogP contribution in [-0.4, -0.2) is 41.3 Å². The number of hydrogen-bond donors (Lipinski definition) is 0. The van der Waals surface area contributed by atoms with Crippen LogP contribution in [0.25, 0.3) is 22.6 Å². The lowest BCUT2D eigenvalue weighted by Gasteiger charge is -2.12. The molecule has 0 fully saturated rings. The highest BCUT2D eigenvalue weighted by atomic mass is 16.5. The number of ether oxygens (including phenoxy) is 3. The summed E-state index contributed by atoms with van der Waals surface area (Å²) in [6, 6.07) is 16.2. The molecule has 2 aromatic heterocycles. The average molecular weight is 420 g/mol. The van der Waals surface area contributed by atoms with Crippen molar-refractivity contribution in [3.63, 3.8) is 0 Å². The van der Waals surface area contributed by atoms with Crippen molar-refractivity contribution in [3.05, 3.63) is 70.8 Å². The number of aromatic nitrogens is 4. The number of rotatable bonds is 7. The van der Waals surface area contributed by atoms with E-state index in [1.165, 1.54) is 32.1 Å². The quantitative estimate of drug-likeness (QED) is 0.450.